The van der Waals surface area contributed by atoms with Gasteiger partial charge in [-0.25, -0.2) is 0 Å². The summed E-state index contributed by atoms with van der Waals surface area (Å²) >= 11 is 5.86. The van der Waals surface area contributed by atoms with Crippen molar-refractivity contribution in [1.82, 2.24) is 5.32 Å². The van der Waals surface area contributed by atoms with E-state index in [2.05, 4.69) is 5.32 Å². The minimum Gasteiger partial charge on any atom is -0.497 e. The highest BCUT2D eigenvalue weighted by molar-refractivity contribution is 6.18. The monoisotopic (exact) mass is 269 g/mol. The van der Waals surface area contributed by atoms with Crippen LogP contribution in [0.25, 0.3) is 0 Å². The van der Waals surface area contributed by atoms with E-state index < -0.39 is 0 Å². The fourth-order valence-corrected chi connectivity index (χ4v) is 1.78. The van der Waals surface area contributed by atoms with Crippen LogP contribution < -0.4 is 10.1 Å². The summed E-state index contributed by atoms with van der Waals surface area (Å²) in [4.78, 5) is 11.9. The Morgan fingerprint density at radius 2 is 2.00 bits per heavy atom. The lowest BCUT2D eigenvalue weighted by Gasteiger charge is -2.27. The maximum Gasteiger partial charge on any atom is 0.224 e. The van der Waals surface area contributed by atoms with Crippen LogP contribution in [-0.4, -0.2) is 24.4 Å². The zero-order valence-electron chi connectivity index (χ0n) is 11.1. The molecule has 0 aliphatic rings. The highest BCUT2D eigenvalue weighted by Gasteiger charge is 2.22. The molecule has 0 aromatic heterocycles. The quantitative estimate of drug-likeness (QED) is 0.807. The number of hydrogen-bond donors (Lipinski definition) is 1. The molecule has 4 heteroatoms. The van der Waals surface area contributed by atoms with Gasteiger partial charge in [0.25, 0.3) is 0 Å². The summed E-state index contributed by atoms with van der Waals surface area (Å²) in [5.74, 6) is 1.20. The molecule has 0 heterocycles. The molecule has 1 aromatic rings. The van der Waals surface area contributed by atoms with Crippen molar-refractivity contribution in [1.29, 1.82) is 0 Å². The molecule has 1 N–H and O–H groups in total. The van der Waals surface area contributed by atoms with Gasteiger partial charge in [0.05, 0.1) is 19.1 Å². The second kappa shape index (κ2) is 6.64. The molecule has 0 aliphatic carbocycles. The molecule has 1 atom stereocenters. The molecule has 0 radical (unpaired) electrons. The van der Waals surface area contributed by atoms with Crippen LogP contribution in [0, 0.1) is 0 Å². The van der Waals surface area contributed by atoms with Gasteiger partial charge in [0, 0.05) is 5.88 Å². The van der Waals surface area contributed by atoms with Crippen LogP contribution in [0.4, 0.5) is 0 Å². The van der Waals surface area contributed by atoms with E-state index in [-0.39, 0.29) is 11.4 Å². The number of rotatable bonds is 6. The van der Waals surface area contributed by atoms with Gasteiger partial charge in [-0.05, 0) is 31.0 Å². The predicted molar refractivity (Wildman–Crippen MR) is 74.3 cm³/mol. The van der Waals surface area contributed by atoms with Gasteiger partial charge in [0.2, 0.25) is 5.91 Å². The van der Waals surface area contributed by atoms with Crippen LogP contribution in [0.1, 0.15) is 25.8 Å². The SMILES string of the molecule is CCC(C)(CCl)NC(=O)Cc1ccc(OC)cc1. The Bertz CT molecular complexity index is 385. The summed E-state index contributed by atoms with van der Waals surface area (Å²) in [6.07, 6.45) is 1.17. The Labute approximate surface area is 113 Å². The van der Waals surface area contributed by atoms with Crippen molar-refractivity contribution >= 4 is 17.5 Å². The summed E-state index contributed by atoms with van der Waals surface area (Å²) in [5, 5.41) is 2.97. The molecule has 0 saturated heterocycles. The summed E-state index contributed by atoms with van der Waals surface area (Å²) < 4.78 is 5.07. The van der Waals surface area contributed by atoms with Gasteiger partial charge < -0.3 is 10.1 Å². The van der Waals surface area contributed by atoms with E-state index in [0.29, 0.717) is 12.3 Å². The van der Waals surface area contributed by atoms with Crippen molar-refractivity contribution in [3.63, 3.8) is 0 Å². The molecule has 0 fully saturated rings. The van der Waals surface area contributed by atoms with E-state index in [1.165, 1.54) is 0 Å². The van der Waals surface area contributed by atoms with Gasteiger partial charge in [-0.15, -0.1) is 11.6 Å². The van der Waals surface area contributed by atoms with Gasteiger partial charge in [0.1, 0.15) is 5.75 Å². The topological polar surface area (TPSA) is 38.3 Å². The zero-order valence-corrected chi connectivity index (χ0v) is 11.9. The maximum atomic E-state index is 11.9. The number of nitrogens with one attached hydrogen (secondary N) is 1. The Hall–Kier alpha value is -1.22. The molecule has 0 aliphatic heterocycles. The first-order chi connectivity index (χ1) is 8.53. The van der Waals surface area contributed by atoms with E-state index >= 15 is 0 Å². The number of carbonyl (C=O) groups excluding carboxylic acids is 1. The van der Waals surface area contributed by atoms with Gasteiger partial charge in [-0.3, -0.25) is 4.79 Å². The zero-order chi connectivity index (χ0) is 13.6. The number of hydrogen-bond acceptors (Lipinski definition) is 2. The van der Waals surface area contributed by atoms with Crippen molar-refractivity contribution in [3.05, 3.63) is 29.8 Å². The summed E-state index contributed by atoms with van der Waals surface area (Å²) in [7, 11) is 1.62. The average molecular weight is 270 g/mol. The molecule has 0 spiro atoms. The van der Waals surface area contributed by atoms with Gasteiger partial charge in [-0.1, -0.05) is 19.1 Å². The van der Waals surface area contributed by atoms with Crippen molar-refractivity contribution in [3.8, 4) is 5.75 Å². The standard InChI is InChI=1S/C14H20ClNO2/c1-4-14(2,10-15)16-13(17)9-11-5-7-12(18-3)8-6-11/h5-8H,4,9-10H2,1-3H3,(H,16,17). The second-order valence-corrected chi connectivity index (χ2v) is 4.89. The smallest absolute Gasteiger partial charge is 0.224 e. The lowest BCUT2D eigenvalue weighted by Crippen LogP contribution is -2.47. The highest BCUT2D eigenvalue weighted by Crippen LogP contribution is 2.14. The number of carbonyl (C=O) groups is 1. The summed E-state index contributed by atoms with van der Waals surface area (Å²) in [6, 6.07) is 7.48. The Morgan fingerprint density at radius 3 is 2.44 bits per heavy atom. The third kappa shape index (κ3) is 4.22. The molecule has 1 aromatic carbocycles. The third-order valence-electron chi connectivity index (χ3n) is 3.04. The van der Waals surface area contributed by atoms with Gasteiger partial charge in [-0.2, -0.15) is 0 Å². The van der Waals surface area contributed by atoms with E-state index in [4.69, 9.17) is 16.3 Å². The Kier molecular flexibility index (Phi) is 5.48. The molecule has 1 amide bonds. The first-order valence-electron chi connectivity index (χ1n) is 6.03. The normalized spacial score (nSPS) is 13.8. The number of ether oxygens (including phenoxy) is 1. The first kappa shape index (κ1) is 14.8. The summed E-state index contributed by atoms with van der Waals surface area (Å²) in [5.41, 5.74) is 0.631. The molecular formula is C14H20ClNO2. The number of alkyl halides is 1. The second-order valence-electron chi connectivity index (χ2n) is 4.62. The minimum absolute atomic E-state index is 0.00910. The van der Waals surface area contributed by atoms with Crippen LogP contribution in [-0.2, 0) is 11.2 Å². The number of benzene rings is 1. The first-order valence-corrected chi connectivity index (χ1v) is 6.56. The van der Waals surface area contributed by atoms with E-state index in [9.17, 15) is 4.79 Å². The maximum absolute atomic E-state index is 11.9. The number of methoxy groups -OCH3 is 1. The predicted octanol–water partition coefficient (Wildman–Crippen LogP) is 2.76. The lowest BCUT2D eigenvalue weighted by molar-refractivity contribution is -0.122. The largest absolute Gasteiger partial charge is 0.497 e. The molecule has 0 saturated carbocycles. The molecule has 3 nitrogen and oxygen atoms in total. The van der Waals surface area contributed by atoms with Gasteiger partial charge in [0.15, 0.2) is 0 Å². The van der Waals surface area contributed by atoms with Crippen molar-refractivity contribution < 1.29 is 9.53 Å². The highest BCUT2D eigenvalue weighted by atomic mass is 35.5. The van der Waals surface area contributed by atoms with Crippen LogP contribution >= 0.6 is 11.6 Å². The minimum atomic E-state index is -0.328. The Balaban J connectivity index is 2.58. The summed E-state index contributed by atoms with van der Waals surface area (Å²) in [6.45, 7) is 3.96. The molecule has 1 rings (SSSR count). The van der Waals surface area contributed by atoms with Crippen LogP contribution in [0.15, 0.2) is 24.3 Å². The molecular weight excluding hydrogens is 250 g/mol. The number of amides is 1. The van der Waals surface area contributed by atoms with Crippen LogP contribution in [0.3, 0.4) is 0 Å². The fraction of sp³-hybridized carbons (Fsp3) is 0.500. The van der Waals surface area contributed by atoms with Crippen molar-refractivity contribution in [2.24, 2.45) is 0 Å². The van der Waals surface area contributed by atoms with E-state index in [1.54, 1.807) is 7.11 Å². The van der Waals surface area contributed by atoms with Crippen molar-refractivity contribution in [2.75, 3.05) is 13.0 Å². The lowest BCUT2D eigenvalue weighted by atomic mass is 10.0. The number of halogens is 1. The van der Waals surface area contributed by atoms with Gasteiger partial charge >= 0.3 is 0 Å². The molecule has 100 valence electrons. The third-order valence-corrected chi connectivity index (χ3v) is 3.63. The van der Waals surface area contributed by atoms with Crippen LogP contribution in [0.2, 0.25) is 0 Å². The van der Waals surface area contributed by atoms with E-state index in [0.717, 1.165) is 17.7 Å². The average Bonchev–Trinajstić information content (AvgIpc) is 2.39. The van der Waals surface area contributed by atoms with Crippen molar-refractivity contribution in [2.45, 2.75) is 32.2 Å². The molecule has 18 heavy (non-hydrogen) atoms. The molecule has 0 bridgehead atoms. The van der Waals surface area contributed by atoms with Crippen LogP contribution in [0.5, 0.6) is 5.75 Å². The van der Waals surface area contributed by atoms with E-state index in [1.807, 2.05) is 38.1 Å². The molecule has 1 unspecified atom stereocenters. The fourth-order valence-electron chi connectivity index (χ4n) is 1.53. The Morgan fingerprint density at radius 1 is 1.39 bits per heavy atom.